The first-order valence-corrected chi connectivity index (χ1v) is 7.47. The van der Waals surface area contributed by atoms with Crippen LogP contribution in [0.15, 0.2) is 42.5 Å². The maximum atomic E-state index is 12.6. The summed E-state index contributed by atoms with van der Waals surface area (Å²) < 4.78 is 10.7. The molecule has 3 nitrogen and oxygen atoms in total. The lowest BCUT2D eigenvalue weighted by molar-refractivity contribution is 0.0965. The van der Waals surface area contributed by atoms with Gasteiger partial charge in [-0.1, -0.05) is 35.9 Å². The summed E-state index contributed by atoms with van der Waals surface area (Å²) in [5.74, 6) is 2.09. The summed E-state index contributed by atoms with van der Waals surface area (Å²) in [6, 6.07) is 13.6. The zero-order chi connectivity index (χ0) is 15.7. The second kappa shape index (κ2) is 5.84. The van der Waals surface area contributed by atoms with Gasteiger partial charge in [-0.05, 0) is 30.9 Å². The highest BCUT2D eigenvalue weighted by atomic mass is 16.5. The fourth-order valence-electron chi connectivity index (χ4n) is 2.89. The zero-order valence-electron chi connectivity index (χ0n) is 13.1. The number of ketones is 1. The molecule has 1 fully saturated rings. The Labute approximate surface area is 130 Å². The highest BCUT2D eigenvalue weighted by Gasteiger charge is 2.45. The molecule has 0 radical (unpaired) electrons. The van der Waals surface area contributed by atoms with Crippen molar-refractivity contribution in [2.45, 2.75) is 19.3 Å². The van der Waals surface area contributed by atoms with Crippen molar-refractivity contribution in [3.63, 3.8) is 0 Å². The highest BCUT2D eigenvalue weighted by Crippen LogP contribution is 2.52. The number of benzene rings is 2. The smallest absolute Gasteiger partial charge is 0.166 e. The molecule has 0 bridgehead atoms. The Kier molecular flexibility index (Phi) is 3.88. The van der Waals surface area contributed by atoms with Gasteiger partial charge in [-0.15, -0.1) is 0 Å². The Balaban J connectivity index is 1.79. The molecule has 3 rings (SSSR count). The monoisotopic (exact) mass is 296 g/mol. The van der Waals surface area contributed by atoms with Crippen molar-refractivity contribution in [3.05, 3.63) is 59.2 Å². The minimum Gasteiger partial charge on any atom is -0.497 e. The molecule has 2 atom stereocenters. The van der Waals surface area contributed by atoms with Crippen LogP contribution in [0, 0.1) is 12.8 Å². The van der Waals surface area contributed by atoms with Gasteiger partial charge in [-0.2, -0.15) is 0 Å². The van der Waals surface area contributed by atoms with Gasteiger partial charge in [0.15, 0.2) is 5.78 Å². The fraction of sp³-hybridized carbons (Fsp3) is 0.316. The summed E-state index contributed by atoms with van der Waals surface area (Å²) in [4.78, 5) is 12.6. The van der Waals surface area contributed by atoms with Gasteiger partial charge in [0.05, 0.1) is 14.2 Å². The van der Waals surface area contributed by atoms with Gasteiger partial charge in [0.25, 0.3) is 0 Å². The molecule has 1 saturated carbocycles. The number of ether oxygens (including phenoxy) is 2. The molecule has 22 heavy (non-hydrogen) atoms. The van der Waals surface area contributed by atoms with Gasteiger partial charge in [0.2, 0.25) is 0 Å². The quantitative estimate of drug-likeness (QED) is 0.782. The third kappa shape index (κ3) is 2.71. The van der Waals surface area contributed by atoms with Gasteiger partial charge < -0.3 is 9.47 Å². The molecule has 3 heteroatoms. The first-order valence-electron chi connectivity index (χ1n) is 7.47. The van der Waals surface area contributed by atoms with Gasteiger partial charge >= 0.3 is 0 Å². The van der Waals surface area contributed by atoms with Crippen LogP contribution in [0.3, 0.4) is 0 Å². The number of aryl methyl sites for hydroxylation is 1. The van der Waals surface area contributed by atoms with E-state index in [4.69, 9.17) is 9.47 Å². The predicted molar refractivity (Wildman–Crippen MR) is 85.9 cm³/mol. The number of hydrogen-bond donors (Lipinski definition) is 0. The van der Waals surface area contributed by atoms with Gasteiger partial charge in [0.1, 0.15) is 11.5 Å². The molecule has 2 unspecified atom stereocenters. The molecule has 0 heterocycles. The number of rotatable bonds is 5. The highest BCUT2D eigenvalue weighted by molar-refractivity contribution is 6.00. The molecule has 1 aliphatic carbocycles. The van der Waals surface area contributed by atoms with Crippen LogP contribution >= 0.6 is 0 Å². The van der Waals surface area contributed by atoms with Crippen LogP contribution < -0.4 is 9.47 Å². The first-order chi connectivity index (χ1) is 10.6. The average molecular weight is 296 g/mol. The Morgan fingerprint density at radius 3 is 2.41 bits per heavy atom. The van der Waals surface area contributed by atoms with Crippen LogP contribution in [-0.4, -0.2) is 20.0 Å². The molecule has 2 aromatic rings. The normalized spacial score (nSPS) is 19.6. The number of hydrogen-bond acceptors (Lipinski definition) is 3. The van der Waals surface area contributed by atoms with Crippen LogP contribution in [0.4, 0.5) is 0 Å². The molecule has 0 aliphatic heterocycles. The lowest BCUT2D eigenvalue weighted by Gasteiger charge is -2.10. The van der Waals surface area contributed by atoms with Crippen molar-refractivity contribution in [1.82, 2.24) is 0 Å². The lowest BCUT2D eigenvalue weighted by Crippen LogP contribution is -2.03. The van der Waals surface area contributed by atoms with Gasteiger partial charge in [-0.3, -0.25) is 4.79 Å². The minimum atomic E-state index is 0.0602. The summed E-state index contributed by atoms with van der Waals surface area (Å²) >= 11 is 0. The molecular formula is C19H20O3. The summed E-state index contributed by atoms with van der Waals surface area (Å²) in [6.45, 7) is 2.02. The standard InChI is InChI=1S/C19H20O3/c1-12-4-6-13(7-5-12)19(20)17-11-16(17)15-9-8-14(21-2)10-18(15)22-3/h4-10,16-17H,11H2,1-3H3. The summed E-state index contributed by atoms with van der Waals surface area (Å²) in [5.41, 5.74) is 3.06. The molecule has 1 aliphatic rings. The van der Waals surface area contributed by atoms with E-state index in [1.165, 1.54) is 5.56 Å². The predicted octanol–water partition coefficient (Wildman–Crippen LogP) is 4.00. The largest absolute Gasteiger partial charge is 0.497 e. The third-order valence-electron chi connectivity index (χ3n) is 4.30. The van der Waals surface area contributed by atoms with E-state index >= 15 is 0 Å². The van der Waals surface area contributed by atoms with Crippen molar-refractivity contribution in [2.75, 3.05) is 14.2 Å². The van der Waals surface area contributed by atoms with E-state index in [0.29, 0.717) is 0 Å². The van der Waals surface area contributed by atoms with Crippen molar-refractivity contribution >= 4 is 5.78 Å². The molecule has 0 aromatic heterocycles. The molecule has 0 N–H and O–H groups in total. The van der Waals surface area contributed by atoms with E-state index < -0.39 is 0 Å². The fourth-order valence-corrected chi connectivity index (χ4v) is 2.89. The molecular weight excluding hydrogens is 276 g/mol. The molecule has 2 aromatic carbocycles. The van der Waals surface area contributed by atoms with Crippen LogP contribution in [-0.2, 0) is 0 Å². The van der Waals surface area contributed by atoms with E-state index in [1.807, 2.05) is 49.4 Å². The Hall–Kier alpha value is -2.29. The molecule has 114 valence electrons. The number of carbonyl (C=O) groups is 1. The minimum absolute atomic E-state index is 0.0602. The van der Waals surface area contributed by atoms with Crippen LogP contribution in [0.5, 0.6) is 11.5 Å². The van der Waals surface area contributed by atoms with Crippen molar-refractivity contribution in [3.8, 4) is 11.5 Å². The van der Waals surface area contributed by atoms with E-state index in [0.717, 1.165) is 29.0 Å². The van der Waals surface area contributed by atoms with E-state index in [9.17, 15) is 4.79 Å². The first kappa shape index (κ1) is 14.6. The van der Waals surface area contributed by atoms with Crippen molar-refractivity contribution in [1.29, 1.82) is 0 Å². The Bertz CT molecular complexity index is 688. The SMILES string of the molecule is COc1ccc(C2CC2C(=O)c2ccc(C)cc2)c(OC)c1. The van der Waals surface area contributed by atoms with E-state index in [2.05, 4.69) is 0 Å². The van der Waals surface area contributed by atoms with Crippen molar-refractivity contribution < 1.29 is 14.3 Å². The zero-order valence-corrected chi connectivity index (χ0v) is 13.1. The number of Topliss-reactive ketones (excluding diaryl/α,β-unsaturated/α-hetero) is 1. The van der Waals surface area contributed by atoms with Gasteiger partial charge in [-0.25, -0.2) is 0 Å². The molecule has 0 saturated heterocycles. The average Bonchev–Trinajstić information content (AvgIpc) is 3.34. The second-order valence-corrected chi connectivity index (χ2v) is 5.79. The third-order valence-corrected chi connectivity index (χ3v) is 4.30. The Morgan fingerprint density at radius 1 is 1.05 bits per heavy atom. The van der Waals surface area contributed by atoms with Crippen LogP contribution in [0.25, 0.3) is 0 Å². The second-order valence-electron chi connectivity index (χ2n) is 5.79. The van der Waals surface area contributed by atoms with Crippen LogP contribution in [0.2, 0.25) is 0 Å². The summed E-state index contributed by atoms with van der Waals surface area (Å²) in [5, 5.41) is 0. The van der Waals surface area contributed by atoms with E-state index in [1.54, 1.807) is 14.2 Å². The van der Waals surface area contributed by atoms with Crippen molar-refractivity contribution in [2.24, 2.45) is 5.92 Å². The summed E-state index contributed by atoms with van der Waals surface area (Å²) in [7, 11) is 3.28. The number of methoxy groups -OCH3 is 2. The molecule has 0 amide bonds. The maximum Gasteiger partial charge on any atom is 0.166 e. The lowest BCUT2D eigenvalue weighted by atomic mass is 10.0. The number of carbonyl (C=O) groups excluding carboxylic acids is 1. The Morgan fingerprint density at radius 2 is 1.77 bits per heavy atom. The maximum absolute atomic E-state index is 12.6. The molecule has 0 spiro atoms. The van der Waals surface area contributed by atoms with E-state index in [-0.39, 0.29) is 17.6 Å². The van der Waals surface area contributed by atoms with Crippen LogP contribution in [0.1, 0.15) is 33.8 Å². The van der Waals surface area contributed by atoms with Gasteiger partial charge in [0, 0.05) is 17.5 Å². The summed E-state index contributed by atoms with van der Waals surface area (Å²) in [6.07, 6.45) is 0.884. The topological polar surface area (TPSA) is 35.5 Å².